The number of hydrogen-bond acceptors (Lipinski definition) is 2. The molecule has 0 aliphatic carbocycles. The van der Waals surface area contributed by atoms with E-state index in [1.807, 2.05) is 0 Å². The second kappa shape index (κ2) is 9.20. The van der Waals surface area contributed by atoms with Gasteiger partial charge < -0.3 is 10.6 Å². The first-order valence-corrected chi connectivity index (χ1v) is 7.24. The smallest absolute Gasteiger partial charge is 0.191 e. The summed E-state index contributed by atoms with van der Waals surface area (Å²) in [6.45, 7) is 16.9. The van der Waals surface area contributed by atoms with Crippen LogP contribution in [0.2, 0.25) is 0 Å². The number of hydrogen-bond donors (Lipinski definition) is 1. The molecule has 0 aliphatic rings. The quantitative estimate of drug-likeness (QED) is 0.411. The van der Waals surface area contributed by atoms with Crippen LogP contribution < -0.4 is 5.73 Å². The second-order valence-electron chi connectivity index (χ2n) is 5.19. The van der Waals surface area contributed by atoms with E-state index in [0.717, 1.165) is 32.6 Å². The monoisotopic (exact) mass is 256 g/mol. The van der Waals surface area contributed by atoms with Gasteiger partial charge in [-0.25, -0.2) is 0 Å². The van der Waals surface area contributed by atoms with Gasteiger partial charge in [0.1, 0.15) is 0 Å². The highest BCUT2D eigenvalue weighted by atomic mass is 15.2. The zero-order chi connectivity index (χ0) is 14.1. The molecule has 0 aromatic carbocycles. The topological polar surface area (TPSA) is 44.9 Å². The molecule has 0 fully saturated rings. The molecule has 18 heavy (non-hydrogen) atoms. The molecule has 0 aromatic heterocycles. The molecule has 0 bridgehead atoms. The van der Waals surface area contributed by atoms with Gasteiger partial charge in [0, 0.05) is 38.3 Å². The van der Waals surface area contributed by atoms with Crippen molar-refractivity contribution in [2.75, 3.05) is 26.2 Å². The minimum absolute atomic E-state index is 0.592. The van der Waals surface area contributed by atoms with E-state index in [2.05, 4.69) is 56.3 Å². The lowest BCUT2D eigenvalue weighted by molar-refractivity contribution is 0.174. The van der Waals surface area contributed by atoms with Gasteiger partial charge in [-0.2, -0.15) is 0 Å². The molecule has 0 radical (unpaired) electrons. The van der Waals surface area contributed by atoms with Crippen molar-refractivity contribution in [2.24, 2.45) is 10.7 Å². The summed E-state index contributed by atoms with van der Waals surface area (Å²) in [5.74, 6) is 0.681. The van der Waals surface area contributed by atoms with Gasteiger partial charge >= 0.3 is 0 Å². The summed E-state index contributed by atoms with van der Waals surface area (Å²) in [6.07, 6.45) is 1.07. The van der Waals surface area contributed by atoms with Crippen LogP contribution in [0.15, 0.2) is 4.99 Å². The molecule has 0 saturated heterocycles. The maximum Gasteiger partial charge on any atom is 0.191 e. The largest absolute Gasteiger partial charge is 0.370 e. The second-order valence-corrected chi connectivity index (χ2v) is 5.19. The fourth-order valence-electron chi connectivity index (χ4n) is 2.21. The standard InChI is InChI=1S/C14H32N4/c1-7-17(8-2)14(15)16-10-9-11-18(12(3)4)13(5)6/h12-13H,7-11H2,1-6H3,(H2,15,16). The predicted octanol–water partition coefficient (Wildman–Crippen LogP) is 2.15. The van der Waals surface area contributed by atoms with E-state index in [1.54, 1.807) is 0 Å². The summed E-state index contributed by atoms with van der Waals surface area (Å²) in [5.41, 5.74) is 5.94. The maximum absolute atomic E-state index is 5.94. The average Bonchev–Trinajstić information content (AvgIpc) is 2.29. The Morgan fingerprint density at radius 1 is 1.06 bits per heavy atom. The van der Waals surface area contributed by atoms with Crippen molar-refractivity contribution in [1.82, 2.24) is 9.80 Å². The van der Waals surface area contributed by atoms with Crippen LogP contribution in [0.5, 0.6) is 0 Å². The third-order valence-corrected chi connectivity index (χ3v) is 3.26. The highest BCUT2D eigenvalue weighted by molar-refractivity contribution is 5.77. The van der Waals surface area contributed by atoms with Gasteiger partial charge in [0.2, 0.25) is 0 Å². The van der Waals surface area contributed by atoms with Crippen molar-refractivity contribution in [2.45, 2.75) is 60.0 Å². The molecule has 0 amide bonds. The van der Waals surface area contributed by atoms with E-state index in [0.29, 0.717) is 18.0 Å². The van der Waals surface area contributed by atoms with Crippen molar-refractivity contribution in [3.63, 3.8) is 0 Å². The fourth-order valence-corrected chi connectivity index (χ4v) is 2.21. The van der Waals surface area contributed by atoms with Crippen LogP contribution in [0, 0.1) is 0 Å². The van der Waals surface area contributed by atoms with Crippen LogP contribution in [-0.2, 0) is 0 Å². The van der Waals surface area contributed by atoms with E-state index < -0.39 is 0 Å². The molecule has 4 heteroatoms. The Bertz CT molecular complexity index is 224. The number of nitrogens with two attached hydrogens (primary N) is 1. The summed E-state index contributed by atoms with van der Waals surface area (Å²) in [7, 11) is 0. The molecular weight excluding hydrogens is 224 g/mol. The van der Waals surface area contributed by atoms with Crippen LogP contribution in [-0.4, -0.2) is 54.0 Å². The SMILES string of the molecule is CCN(CC)C(N)=NCCCN(C(C)C)C(C)C. The third kappa shape index (κ3) is 6.24. The van der Waals surface area contributed by atoms with Crippen molar-refractivity contribution < 1.29 is 0 Å². The van der Waals surface area contributed by atoms with Gasteiger partial charge in [0.15, 0.2) is 5.96 Å². The minimum Gasteiger partial charge on any atom is -0.370 e. The molecule has 2 N–H and O–H groups in total. The van der Waals surface area contributed by atoms with E-state index in [9.17, 15) is 0 Å². The first-order valence-electron chi connectivity index (χ1n) is 7.24. The number of guanidine groups is 1. The molecule has 0 rings (SSSR count). The Morgan fingerprint density at radius 3 is 1.94 bits per heavy atom. The van der Waals surface area contributed by atoms with Gasteiger partial charge in [-0.15, -0.1) is 0 Å². The lowest BCUT2D eigenvalue weighted by Crippen LogP contribution is -2.38. The number of aliphatic imine (C=N–C) groups is 1. The molecule has 0 aromatic rings. The number of rotatable bonds is 8. The average molecular weight is 256 g/mol. The molecule has 4 nitrogen and oxygen atoms in total. The molecule has 0 spiro atoms. The van der Waals surface area contributed by atoms with Crippen molar-refractivity contribution in [3.8, 4) is 0 Å². The summed E-state index contributed by atoms with van der Waals surface area (Å²) < 4.78 is 0. The lowest BCUT2D eigenvalue weighted by Gasteiger charge is -2.30. The van der Waals surface area contributed by atoms with E-state index in [-0.39, 0.29) is 0 Å². The van der Waals surface area contributed by atoms with Crippen LogP contribution in [0.25, 0.3) is 0 Å². The molecule has 0 heterocycles. The molecule has 0 unspecified atom stereocenters. The molecule has 0 atom stereocenters. The zero-order valence-electron chi connectivity index (χ0n) is 13.1. The van der Waals surface area contributed by atoms with Crippen LogP contribution >= 0.6 is 0 Å². The highest BCUT2D eigenvalue weighted by Crippen LogP contribution is 2.05. The van der Waals surface area contributed by atoms with Gasteiger partial charge in [0.25, 0.3) is 0 Å². The summed E-state index contributed by atoms with van der Waals surface area (Å²) in [6, 6.07) is 1.18. The first kappa shape index (κ1) is 17.2. The van der Waals surface area contributed by atoms with Gasteiger partial charge in [-0.05, 0) is 48.0 Å². The summed E-state index contributed by atoms with van der Waals surface area (Å²) in [4.78, 5) is 9.03. The van der Waals surface area contributed by atoms with Crippen LogP contribution in [0.3, 0.4) is 0 Å². The Labute approximate surface area is 113 Å². The third-order valence-electron chi connectivity index (χ3n) is 3.26. The lowest BCUT2D eigenvalue weighted by atomic mass is 10.2. The molecular formula is C14H32N4. The molecule has 0 aliphatic heterocycles. The van der Waals surface area contributed by atoms with Gasteiger partial charge in [-0.3, -0.25) is 9.89 Å². The predicted molar refractivity (Wildman–Crippen MR) is 81.0 cm³/mol. The molecule has 0 saturated carbocycles. The van der Waals surface area contributed by atoms with Crippen molar-refractivity contribution >= 4 is 5.96 Å². The maximum atomic E-state index is 5.94. The normalized spacial score (nSPS) is 12.8. The molecule has 108 valence electrons. The Balaban J connectivity index is 4.07. The minimum atomic E-state index is 0.592. The van der Waals surface area contributed by atoms with Crippen molar-refractivity contribution in [3.05, 3.63) is 0 Å². The summed E-state index contributed by atoms with van der Waals surface area (Å²) in [5, 5.41) is 0. The first-order chi connectivity index (χ1) is 8.43. The van der Waals surface area contributed by atoms with E-state index in [4.69, 9.17) is 5.73 Å². The Hall–Kier alpha value is -0.770. The highest BCUT2D eigenvalue weighted by Gasteiger charge is 2.12. The van der Waals surface area contributed by atoms with E-state index >= 15 is 0 Å². The number of nitrogens with zero attached hydrogens (tertiary/aromatic N) is 3. The van der Waals surface area contributed by atoms with Gasteiger partial charge in [0.05, 0.1) is 0 Å². The van der Waals surface area contributed by atoms with Crippen molar-refractivity contribution in [1.29, 1.82) is 0 Å². The van der Waals surface area contributed by atoms with Crippen LogP contribution in [0.4, 0.5) is 0 Å². The Kier molecular flexibility index (Phi) is 8.81. The Morgan fingerprint density at radius 2 is 1.56 bits per heavy atom. The van der Waals surface area contributed by atoms with E-state index in [1.165, 1.54) is 0 Å². The van der Waals surface area contributed by atoms with Gasteiger partial charge in [-0.1, -0.05) is 0 Å². The summed E-state index contributed by atoms with van der Waals surface area (Å²) >= 11 is 0. The zero-order valence-corrected chi connectivity index (χ0v) is 13.1. The van der Waals surface area contributed by atoms with Crippen LogP contribution in [0.1, 0.15) is 48.0 Å². The fraction of sp³-hybridized carbons (Fsp3) is 0.929.